The minimum absolute atomic E-state index is 0.143. The molecule has 0 saturated carbocycles. The number of thioether (sulfide) groups is 1. The second-order valence-electron chi connectivity index (χ2n) is 3.86. The van der Waals surface area contributed by atoms with E-state index in [1.165, 1.54) is 6.07 Å². The molecule has 0 fully saturated rings. The SMILES string of the molecule is CCn1c(SCC(=O)O)nnc1-c1ccc(F)c(F)c1. The number of hydrogen-bond acceptors (Lipinski definition) is 4. The van der Waals surface area contributed by atoms with Gasteiger partial charge in [-0.25, -0.2) is 8.78 Å². The molecule has 0 bridgehead atoms. The quantitative estimate of drug-likeness (QED) is 0.859. The van der Waals surface area contributed by atoms with Crippen molar-refractivity contribution in [1.29, 1.82) is 0 Å². The molecule has 1 heterocycles. The zero-order valence-corrected chi connectivity index (χ0v) is 11.3. The molecule has 2 aromatic rings. The van der Waals surface area contributed by atoms with Crippen molar-refractivity contribution in [2.45, 2.75) is 18.6 Å². The van der Waals surface area contributed by atoms with E-state index < -0.39 is 17.6 Å². The van der Waals surface area contributed by atoms with Crippen LogP contribution in [0.25, 0.3) is 11.4 Å². The van der Waals surface area contributed by atoms with E-state index in [1.54, 1.807) is 4.57 Å². The van der Waals surface area contributed by atoms with Crippen LogP contribution in [-0.4, -0.2) is 31.6 Å². The average Bonchev–Trinajstić information content (AvgIpc) is 2.82. The number of benzene rings is 1. The van der Waals surface area contributed by atoms with Gasteiger partial charge in [0.15, 0.2) is 22.6 Å². The van der Waals surface area contributed by atoms with Crippen LogP contribution in [0.2, 0.25) is 0 Å². The number of carbonyl (C=O) groups is 1. The normalized spacial score (nSPS) is 10.8. The molecule has 20 heavy (non-hydrogen) atoms. The third kappa shape index (κ3) is 2.96. The van der Waals surface area contributed by atoms with Gasteiger partial charge >= 0.3 is 5.97 Å². The van der Waals surface area contributed by atoms with Gasteiger partial charge in [0.1, 0.15) is 0 Å². The fourth-order valence-corrected chi connectivity index (χ4v) is 2.38. The van der Waals surface area contributed by atoms with Gasteiger partial charge in [-0.15, -0.1) is 10.2 Å². The Morgan fingerprint density at radius 1 is 1.35 bits per heavy atom. The summed E-state index contributed by atoms with van der Waals surface area (Å²) in [6, 6.07) is 3.46. The summed E-state index contributed by atoms with van der Waals surface area (Å²) in [5.41, 5.74) is 0.389. The molecule has 8 heteroatoms. The van der Waals surface area contributed by atoms with Gasteiger partial charge in [-0.3, -0.25) is 4.79 Å². The van der Waals surface area contributed by atoms with Crippen molar-refractivity contribution in [3.05, 3.63) is 29.8 Å². The summed E-state index contributed by atoms with van der Waals surface area (Å²) in [4.78, 5) is 10.6. The molecule has 0 amide bonds. The molecule has 2 rings (SSSR count). The number of carboxylic acids is 1. The largest absolute Gasteiger partial charge is 0.481 e. The molecule has 0 atom stereocenters. The predicted octanol–water partition coefficient (Wildman–Crippen LogP) is 2.42. The summed E-state index contributed by atoms with van der Waals surface area (Å²) < 4.78 is 27.8. The van der Waals surface area contributed by atoms with Gasteiger partial charge in [0, 0.05) is 12.1 Å². The lowest BCUT2D eigenvalue weighted by Crippen LogP contribution is -2.03. The van der Waals surface area contributed by atoms with Gasteiger partial charge < -0.3 is 9.67 Å². The van der Waals surface area contributed by atoms with Crippen molar-refractivity contribution in [2.24, 2.45) is 0 Å². The standard InChI is InChI=1S/C12H11F2N3O2S/c1-2-17-11(7-3-4-8(13)9(14)5-7)15-16-12(17)20-6-10(18)19/h3-5H,2,6H2,1H3,(H,18,19). The van der Waals surface area contributed by atoms with E-state index in [0.29, 0.717) is 23.1 Å². The van der Waals surface area contributed by atoms with Crippen molar-refractivity contribution in [2.75, 3.05) is 5.75 Å². The van der Waals surface area contributed by atoms with Crippen LogP contribution in [0.15, 0.2) is 23.4 Å². The number of aromatic nitrogens is 3. The molecule has 0 unspecified atom stereocenters. The smallest absolute Gasteiger partial charge is 0.313 e. The fourth-order valence-electron chi connectivity index (χ4n) is 1.66. The topological polar surface area (TPSA) is 68.0 Å². The second kappa shape index (κ2) is 6.00. The first-order valence-corrected chi connectivity index (χ1v) is 6.74. The molecule has 0 aliphatic rings. The number of rotatable bonds is 5. The van der Waals surface area contributed by atoms with E-state index >= 15 is 0 Å². The van der Waals surface area contributed by atoms with Gasteiger partial charge in [0.05, 0.1) is 5.75 Å². The maximum Gasteiger partial charge on any atom is 0.313 e. The highest BCUT2D eigenvalue weighted by Crippen LogP contribution is 2.25. The van der Waals surface area contributed by atoms with Crippen LogP contribution in [0.1, 0.15) is 6.92 Å². The van der Waals surface area contributed by atoms with Crippen LogP contribution < -0.4 is 0 Å². The fraction of sp³-hybridized carbons (Fsp3) is 0.250. The third-order valence-corrected chi connectivity index (χ3v) is 3.49. The van der Waals surface area contributed by atoms with Crippen molar-refractivity contribution in [3.63, 3.8) is 0 Å². The summed E-state index contributed by atoms with van der Waals surface area (Å²) in [7, 11) is 0. The summed E-state index contributed by atoms with van der Waals surface area (Å²) >= 11 is 1.02. The molecule has 0 saturated heterocycles. The first-order valence-electron chi connectivity index (χ1n) is 5.76. The zero-order chi connectivity index (χ0) is 14.7. The number of halogens is 2. The van der Waals surface area contributed by atoms with Crippen LogP contribution in [0.3, 0.4) is 0 Å². The van der Waals surface area contributed by atoms with Gasteiger partial charge in [0.25, 0.3) is 0 Å². The summed E-state index contributed by atoms with van der Waals surface area (Å²) in [5.74, 6) is -2.63. The lowest BCUT2D eigenvalue weighted by atomic mass is 10.2. The highest BCUT2D eigenvalue weighted by atomic mass is 32.2. The molecule has 0 aliphatic heterocycles. The van der Waals surface area contributed by atoms with E-state index in [9.17, 15) is 13.6 Å². The Morgan fingerprint density at radius 3 is 2.70 bits per heavy atom. The Hall–Kier alpha value is -1.96. The maximum atomic E-state index is 13.2. The first kappa shape index (κ1) is 14.4. The minimum Gasteiger partial charge on any atom is -0.481 e. The number of aliphatic carboxylic acids is 1. The molecular weight excluding hydrogens is 288 g/mol. The zero-order valence-electron chi connectivity index (χ0n) is 10.5. The Bertz CT molecular complexity index is 646. The Kier molecular flexibility index (Phi) is 4.33. The third-order valence-electron chi connectivity index (χ3n) is 2.54. The van der Waals surface area contributed by atoms with Crippen LogP contribution in [0.5, 0.6) is 0 Å². The van der Waals surface area contributed by atoms with Crippen molar-refractivity contribution in [1.82, 2.24) is 14.8 Å². The summed E-state index contributed by atoms with van der Waals surface area (Å²) in [6.45, 7) is 2.32. The molecule has 0 radical (unpaired) electrons. The van der Waals surface area contributed by atoms with Gasteiger partial charge in [-0.1, -0.05) is 11.8 Å². The van der Waals surface area contributed by atoms with Crippen LogP contribution in [0, 0.1) is 11.6 Å². The Morgan fingerprint density at radius 2 is 2.10 bits per heavy atom. The monoisotopic (exact) mass is 299 g/mol. The number of carboxylic acid groups (broad SMARTS) is 1. The molecular formula is C12H11F2N3O2S. The van der Waals surface area contributed by atoms with Gasteiger partial charge in [-0.05, 0) is 25.1 Å². The maximum absolute atomic E-state index is 13.2. The highest BCUT2D eigenvalue weighted by Gasteiger charge is 2.15. The van der Waals surface area contributed by atoms with E-state index in [-0.39, 0.29) is 5.75 Å². The van der Waals surface area contributed by atoms with Gasteiger partial charge in [-0.2, -0.15) is 0 Å². The van der Waals surface area contributed by atoms with E-state index in [1.807, 2.05) is 6.92 Å². The lowest BCUT2D eigenvalue weighted by molar-refractivity contribution is -0.133. The predicted molar refractivity (Wildman–Crippen MR) is 69.4 cm³/mol. The van der Waals surface area contributed by atoms with Crippen molar-refractivity contribution < 1.29 is 18.7 Å². The van der Waals surface area contributed by atoms with Gasteiger partial charge in [0.2, 0.25) is 0 Å². The molecule has 1 aromatic carbocycles. The first-order chi connectivity index (χ1) is 9.52. The molecule has 5 nitrogen and oxygen atoms in total. The van der Waals surface area contributed by atoms with E-state index in [0.717, 1.165) is 23.9 Å². The molecule has 0 spiro atoms. The number of nitrogens with zero attached hydrogens (tertiary/aromatic N) is 3. The second-order valence-corrected chi connectivity index (χ2v) is 4.80. The van der Waals surface area contributed by atoms with Crippen molar-refractivity contribution in [3.8, 4) is 11.4 Å². The number of hydrogen-bond donors (Lipinski definition) is 1. The van der Waals surface area contributed by atoms with E-state index in [2.05, 4.69) is 10.2 Å². The molecule has 106 valence electrons. The highest BCUT2D eigenvalue weighted by molar-refractivity contribution is 7.99. The Balaban J connectivity index is 2.36. The lowest BCUT2D eigenvalue weighted by Gasteiger charge is -2.06. The van der Waals surface area contributed by atoms with Crippen LogP contribution in [-0.2, 0) is 11.3 Å². The van der Waals surface area contributed by atoms with Crippen LogP contribution in [0.4, 0.5) is 8.78 Å². The molecule has 1 N–H and O–H groups in total. The summed E-state index contributed by atoms with van der Waals surface area (Å²) in [6.07, 6.45) is 0. The van der Waals surface area contributed by atoms with Crippen molar-refractivity contribution >= 4 is 17.7 Å². The Labute approximate surface area is 117 Å². The molecule has 0 aliphatic carbocycles. The van der Waals surface area contributed by atoms with E-state index in [4.69, 9.17) is 5.11 Å². The average molecular weight is 299 g/mol. The summed E-state index contributed by atoms with van der Waals surface area (Å²) in [5, 5.41) is 16.9. The van der Waals surface area contributed by atoms with Crippen LogP contribution >= 0.6 is 11.8 Å². The molecule has 1 aromatic heterocycles. The minimum atomic E-state index is -0.965.